The molecular weight excluding hydrogens is 260 g/mol. The van der Waals surface area contributed by atoms with Gasteiger partial charge in [0.2, 0.25) is 0 Å². The molecule has 0 amide bonds. The SMILES string of the molecule is N#Cc1cc(/C=C/C(=O)O)c(OC(F)F)cc1C=O. The van der Waals surface area contributed by atoms with E-state index in [-0.39, 0.29) is 22.4 Å². The first-order chi connectivity index (χ1) is 8.97. The van der Waals surface area contributed by atoms with Crippen molar-refractivity contribution in [2.24, 2.45) is 0 Å². The number of aliphatic carboxylic acids is 1. The lowest BCUT2D eigenvalue weighted by molar-refractivity contribution is -0.131. The Morgan fingerprint density at radius 2 is 2.11 bits per heavy atom. The highest BCUT2D eigenvalue weighted by molar-refractivity contribution is 5.87. The molecule has 0 radical (unpaired) electrons. The third kappa shape index (κ3) is 3.89. The molecule has 0 atom stereocenters. The maximum atomic E-state index is 12.2. The van der Waals surface area contributed by atoms with E-state index in [9.17, 15) is 18.4 Å². The van der Waals surface area contributed by atoms with Crippen LogP contribution in [-0.4, -0.2) is 24.0 Å². The molecule has 0 aliphatic heterocycles. The van der Waals surface area contributed by atoms with Crippen molar-refractivity contribution in [1.82, 2.24) is 0 Å². The summed E-state index contributed by atoms with van der Waals surface area (Å²) in [6, 6.07) is 3.76. The average Bonchev–Trinajstić information content (AvgIpc) is 2.35. The minimum absolute atomic E-state index is 0.0372. The maximum absolute atomic E-state index is 12.2. The number of carboxylic acids is 1. The van der Waals surface area contributed by atoms with Gasteiger partial charge in [-0.2, -0.15) is 14.0 Å². The van der Waals surface area contributed by atoms with Gasteiger partial charge in [0.15, 0.2) is 6.29 Å². The quantitative estimate of drug-likeness (QED) is 0.651. The number of aldehydes is 1. The van der Waals surface area contributed by atoms with E-state index in [4.69, 9.17) is 10.4 Å². The summed E-state index contributed by atoms with van der Waals surface area (Å²) in [6.07, 6.45) is 2.02. The highest BCUT2D eigenvalue weighted by Crippen LogP contribution is 2.26. The molecule has 0 fully saturated rings. The van der Waals surface area contributed by atoms with Crippen LogP contribution in [0.4, 0.5) is 8.78 Å². The number of nitrogens with zero attached hydrogens (tertiary/aromatic N) is 1. The van der Waals surface area contributed by atoms with Gasteiger partial charge in [-0.25, -0.2) is 4.79 Å². The van der Waals surface area contributed by atoms with E-state index < -0.39 is 12.6 Å². The zero-order valence-electron chi connectivity index (χ0n) is 9.34. The van der Waals surface area contributed by atoms with Crippen molar-refractivity contribution in [2.75, 3.05) is 0 Å². The first kappa shape index (κ1) is 14.3. The van der Waals surface area contributed by atoms with Crippen LogP contribution in [0.3, 0.4) is 0 Å². The Morgan fingerprint density at radius 3 is 2.58 bits per heavy atom. The highest BCUT2D eigenvalue weighted by Gasteiger charge is 2.13. The Labute approximate surface area is 106 Å². The number of carbonyl (C=O) groups excluding carboxylic acids is 1. The molecule has 1 aromatic rings. The Morgan fingerprint density at radius 1 is 1.42 bits per heavy atom. The Kier molecular flexibility index (Phi) is 4.71. The zero-order chi connectivity index (χ0) is 14.4. The van der Waals surface area contributed by atoms with Crippen LogP contribution in [0.2, 0.25) is 0 Å². The van der Waals surface area contributed by atoms with E-state index in [1.54, 1.807) is 6.07 Å². The van der Waals surface area contributed by atoms with Gasteiger partial charge in [0, 0.05) is 17.2 Å². The zero-order valence-corrected chi connectivity index (χ0v) is 9.34. The van der Waals surface area contributed by atoms with Gasteiger partial charge in [0.25, 0.3) is 0 Å². The minimum Gasteiger partial charge on any atom is -0.478 e. The Bertz CT molecular complexity index is 576. The molecule has 5 nitrogen and oxygen atoms in total. The number of alkyl halides is 2. The molecule has 19 heavy (non-hydrogen) atoms. The third-order valence-corrected chi connectivity index (χ3v) is 2.05. The van der Waals surface area contributed by atoms with Crippen LogP contribution in [0.1, 0.15) is 21.5 Å². The van der Waals surface area contributed by atoms with Crippen LogP contribution in [-0.2, 0) is 4.79 Å². The standard InChI is InChI=1S/C12H7F2NO4/c13-12(14)19-10-4-9(6-16)8(5-15)3-7(10)1-2-11(17)18/h1-4,6,12H,(H,17,18)/b2-1+. The van der Waals surface area contributed by atoms with Gasteiger partial charge in [0.05, 0.1) is 11.6 Å². The number of carbonyl (C=O) groups is 2. The number of benzene rings is 1. The van der Waals surface area contributed by atoms with Crippen LogP contribution in [0.15, 0.2) is 18.2 Å². The minimum atomic E-state index is -3.13. The predicted molar refractivity (Wildman–Crippen MR) is 59.8 cm³/mol. The van der Waals surface area contributed by atoms with E-state index in [1.807, 2.05) is 0 Å². The second-order valence-corrected chi connectivity index (χ2v) is 3.26. The molecule has 1 N–H and O–H groups in total. The molecule has 0 saturated heterocycles. The summed E-state index contributed by atoms with van der Waals surface area (Å²) in [5, 5.41) is 17.3. The van der Waals surface area contributed by atoms with Crippen molar-refractivity contribution in [1.29, 1.82) is 5.26 Å². The largest absolute Gasteiger partial charge is 0.478 e. The normalized spacial score (nSPS) is 10.4. The van der Waals surface area contributed by atoms with Gasteiger partial charge >= 0.3 is 12.6 Å². The fourth-order valence-corrected chi connectivity index (χ4v) is 1.30. The van der Waals surface area contributed by atoms with Gasteiger partial charge in [-0.05, 0) is 18.2 Å². The van der Waals surface area contributed by atoms with Gasteiger partial charge in [0.1, 0.15) is 5.75 Å². The molecule has 0 aliphatic carbocycles. The molecule has 0 aliphatic rings. The van der Waals surface area contributed by atoms with Crippen molar-refractivity contribution < 1.29 is 28.2 Å². The fourth-order valence-electron chi connectivity index (χ4n) is 1.30. The Balaban J connectivity index is 3.35. The van der Waals surface area contributed by atoms with Crippen molar-refractivity contribution >= 4 is 18.3 Å². The summed E-state index contributed by atoms with van der Waals surface area (Å²) >= 11 is 0. The molecule has 98 valence electrons. The van der Waals surface area contributed by atoms with Gasteiger partial charge in [-0.3, -0.25) is 4.79 Å². The number of halogens is 2. The summed E-state index contributed by atoms with van der Waals surface area (Å²) in [7, 11) is 0. The smallest absolute Gasteiger partial charge is 0.387 e. The molecule has 0 heterocycles. The predicted octanol–water partition coefficient (Wildman–Crippen LogP) is 2.07. The molecular formula is C12H7F2NO4. The van der Waals surface area contributed by atoms with Crippen LogP contribution in [0.25, 0.3) is 6.08 Å². The number of hydrogen-bond acceptors (Lipinski definition) is 4. The summed E-state index contributed by atoms with van der Waals surface area (Å²) in [5.74, 6) is -1.67. The second-order valence-electron chi connectivity index (χ2n) is 3.26. The van der Waals surface area contributed by atoms with Gasteiger partial charge in [-0.1, -0.05) is 0 Å². The van der Waals surface area contributed by atoms with E-state index >= 15 is 0 Å². The van der Waals surface area contributed by atoms with E-state index in [0.717, 1.165) is 18.2 Å². The first-order valence-electron chi connectivity index (χ1n) is 4.87. The molecule has 0 saturated carbocycles. The molecule has 1 aromatic carbocycles. The topological polar surface area (TPSA) is 87.4 Å². The van der Waals surface area contributed by atoms with Crippen molar-refractivity contribution in [3.8, 4) is 11.8 Å². The van der Waals surface area contributed by atoms with Crippen LogP contribution >= 0.6 is 0 Å². The average molecular weight is 267 g/mol. The molecule has 0 spiro atoms. The van der Waals surface area contributed by atoms with Crippen LogP contribution < -0.4 is 4.74 Å². The summed E-state index contributed by atoms with van der Waals surface area (Å²) in [5.41, 5.74) is -0.225. The second kappa shape index (κ2) is 6.26. The monoisotopic (exact) mass is 267 g/mol. The van der Waals surface area contributed by atoms with Crippen LogP contribution in [0, 0.1) is 11.3 Å². The summed E-state index contributed by atoms with van der Waals surface area (Å²) in [4.78, 5) is 21.1. The van der Waals surface area contributed by atoms with Gasteiger partial charge < -0.3 is 9.84 Å². The number of rotatable bonds is 5. The number of carboxylic acid groups (broad SMARTS) is 1. The number of hydrogen-bond donors (Lipinski definition) is 1. The van der Waals surface area contributed by atoms with E-state index in [1.165, 1.54) is 0 Å². The third-order valence-electron chi connectivity index (χ3n) is 2.05. The first-order valence-corrected chi connectivity index (χ1v) is 4.87. The maximum Gasteiger partial charge on any atom is 0.387 e. The summed E-state index contributed by atoms with van der Waals surface area (Å²) in [6.45, 7) is -3.13. The molecule has 0 bridgehead atoms. The lowest BCUT2D eigenvalue weighted by atomic mass is 10.0. The highest BCUT2D eigenvalue weighted by atomic mass is 19.3. The number of ether oxygens (including phenoxy) is 1. The lowest BCUT2D eigenvalue weighted by Gasteiger charge is -2.09. The van der Waals surface area contributed by atoms with Crippen molar-refractivity contribution in [2.45, 2.75) is 6.61 Å². The Hall–Kier alpha value is -2.75. The molecule has 0 aromatic heterocycles. The molecule has 0 unspecified atom stereocenters. The van der Waals surface area contributed by atoms with Crippen molar-refractivity contribution in [3.05, 3.63) is 34.9 Å². The van der Waals surface area contributed by atoms with Crippen LogP contribution in [0.5, 0.6) is 5.75 Å². The van der Waals surface area contributed by atoms with Gasteiger partial charge in [-0.15, -0.1) is 0 Å². The van der Waals surface area contributed by atoms with Crippen molar-refractivity contribution in [3.63, 3.8) is 0 Å². The molecule has 7 heteroatoms. The fraction of sp³-hybridized carbons (Fsp3) is 0.0833. The van der Waals surface area contributed by atoms with E-state index in [2.05, 4.69) is 4.74 Å². The lowest BCUT2D eigenvalue weighted by Crippen LogP contribution is -2.05. The molecule has 1 rings (SSSR count). The number of nitriles is 1. The van der Waals surface area contributed by atoms with E-state index in [0.29, 0.717) is 12.4 Å². The summed E-state index contributed by atoms with van der Waals surface area (Å²) < 4.78 is 28.6.